The Balaban J connectivity index is 1.76. The van der Waals surface area contributed by atoms with E-state index in [1.54, 1.807) is 0 Å². The molecule has 0 aromatic rings. The van der Waals surface area contributed by atoms with Crippen molar-refractivity contribution in [1.29, 1.82) is 0 Å². The lowest BCUT2D eigenvalue weighted by Gasteiger charge is -2.43. The smallest absolute Gasteiger partial charge is 0.375 e. The van der Waals surface area contributed by atoms with Crippen molar-refractivity contribution in [2.24, 2.45) is 0 Å². The van der Waals surface area contributed by atoms with Gasteiger partial charge in [0, 0.05) is 12.6 Å². The maximum absolute atomic E-state index is 12.0. The number of hydrogen-bond acceptors (Lipinski definition) is 3. The van der Waals surface area contributed by atoms with Crippen LogP contribution >= 0.6 is 0 Å². The van der Waals surface area contributed by atoms with E-state index in [0.29, 0.717) is 13.0 Å². The Labute approximate surface area is 105 Å². The molecule has 1 atom stereocenters. The van der Waals surface area contributed by atoms with Crippen LogP contribution in [0.15, 0.2) is 0 Å². The fourth-order valence-electron chi connectivity index (χ4n) is 2.91. The first-order valence-corrected chi connectivity index (χ1v) is 6.57. The number of nitrogens with one attached hydrogen (secondary N) is 1. The molecule has 1 aliphatic heterocycles. The van der Waals surface area contributed by atoms with E-state index in [-0.39, 0.29) is 11.6 Å². The molecule has 106 valence electrons. The van der Waals surface area contributed by atoms with Crippen molar-refractivity contribution >= 4 is 0 Å². The molecule has 1 saturated carbocycles. The van der Waals surface area contributed by atoms with Gasteiger partial charge in [0.2, 0.25) is 0 Å². The van der Waals surface area contributed by atoms with Gasteiger partial charge in [0.25, 0.3) is 0 Å². The highest BCUT2D eigenvalue weighted by Crippen LogP contribution is 2.38. The Bertz CT molecular complexity index is 259. The molecule has 1 spiro atoms. The topological polar surface area (TPSA) is 30.5 Å². The highest BCUT2D eigenvalue weighted by molar-refractivity contribution is 4.91. The molecular weight excluding hydrogens is 247 g/mol. The molecular formula is C12H20F3NO2. The van der Waals surface area contributed by atoms with Gasteiger partial charge in [0.1, 0.15) is 0 Å². The van der Waals surface area contributed by atoms with Crippen molar-refractivity contribution in [3.05, 3.63) is 0 Å². The summed E-state index contributed by atoms with van der Waals surface area (Å²) in [7, 11) is 0. The van der Waals surface area contributed by atoms with Crippen molar-refractivity contribution in [2.45, 2.75) is 62.8 Å². The van der Waals surface area contributed by atoms with Gasteiger partial charge in [0.15, 0.2) is 6.61 Å². The predicted octanol–water partition coefficient (Wildman–Crippen LogP) is 2.95. The molecule has 2 fully saturated rings. The number of alkyl halides is 3. The molecule has 0 aromatic heterocycles. The number of rotatable bonds is 3. The zero-order valence-corrected chi connectivity index (χ0v) is 10.4. The molecule has 1 aliphatic carbocycles. The Kier molecular flexibility index (Phi) is 4.50. The van der Waals surface area contributed by atoms with E-state index in [9.17, 15) is 13.2 Å². The summed E-state index contributed by atoms with van der Waals surface area (Å²) in [6.07, 6.45) is 2.75. The molecule has 1 N–H and O–H groups in total. The van der Waals surface area contributed by atoms with Crippen LogP contribution in [-0.4, -0.2) is 31.0 Å². The molecule has 1 saturated heterocycles. The molecule has 0 bridgehead atoms. The van der Waals surface area contributed by atoms with Crippen molar-refractivity contribution < 1.29 is 22.7 Å². The molecule has 3 nitrogen and oxygen atoms in total. The third-order valence-electron chi connectivity index (χ3n) is 3.74. The average Bonchev–Trinajstić information content (AvgIpc) is 2.28. The van der Waals surface area contributed by atoms with Crippen LogP contribution in [0.1, 0.15) is 44.9 Å². The minimum atomic E-state index is -4.28. The van der Waals surface area contributed by atoms with E-state index in [4.69, 9.17) is 4.74 Å². The van der Waals surface area contributed by atoms with Crippen LogP contribution in [0.25, 0.3) is 0 Å². The van der Waals surface area contributed by atoms with Gasteiger partial charge in [0.05, 0.1) is 5.60 Å². The highest BCUT2D eigenvalue weighted by Gasteiger charge is 2.39. The van der Waals surface area contributed by atoms with Crippen LogP contribution in [0.2, 0.25) is 0 Å². The second kappa shape index (κ2) is 5.75. The van der Waals surface area contributed by atoms with Gasteiger partial charge in [-0.1, -0.05) is 19.3 Å². The summed E-state index contributed by atoms with van der Waals surface area (Å²) < 4.78 is 41.8. The van der Waals surface area contributed by atoms with Gasteiger partial charge in [-0.25, -0.2) is 0 Å². The van der Waals surface area contributed by atoms with E-state index in [2.05, 4.69) is 10.3 Å². The lowest BCUT2D eigenvalue weighted by atomic mass is 9.78. The first-order chi connectivity index (χ1) is 8.49. The van der Waals surface area contributed by atoms with E-state index in [1.807, 2.05) is 0 Å². The summed E-state index contributed by atoms with van der Waals surface area (Å²) in [6, 6.07) is -0.0285. The zero-order chi connectivity index (χ0) is 13.1. The molecule has 6 heteroatoms. The SMILES string of the molecule is FC(F)(F)CONC1CCOC2(CCCCC2)C1. The second-order valence-electron chi connectivity index (χ2n) is 5.30. The maximum Gasteiger partial charge on any atom is 0.413 e. The van der Waals surface area contributed by atoms with Crippen LogP contribution in [-0.2, 0) is 9.57 Å². The van der Waals surface area contributed by atoms with E-state index in [1.165, 1.54) is 6.42 Å². The quantitative estimate of drug-likeness (QED) is 0.797. The minimum Gasteiger partial charge on any atom is -0.375 e. The molecule has 1 heterocycles. The highest BCUT2D eigenvalue weighted by atomic mass is 19.4. The van der Waals surface area contributed by atoms with Crippen LogP contribution in [0.5, 0.6) is 0 Å². The molecule has 2 rings (SSSR count). The predicted molar refractivity (Wildman–Crippen MR) is 59.9 cm³/mol. The summed E-state index contributed by atoms with van der Waals surface area (Å²) in [6.45, 7) is -0.635. The van der Waals surface area contributed by atoms with E-state index < -0.39 is 12.8 Å². The molecule has 0 radical (unpaired) electrons. The number of hydrogen-bond donors (Lipinski definition) is 1. The van der Waals surface area contributed by atoms with Crippen molar-refractivity contribution in [3.63, 3.8) is 0 Å². The molecule has 18 heavy (non-hydrogen) atoms. The second-order valence-corrected chi connectivity index (χ2v) is 5.30. The zero-order valence-electron chi connectivity index (χ0n) is 10.4. The summed E-state index contributed by atoms with van der Waals surface area (Å²) in [5.74, 6) is 0. The first kappa shape index (κ1) is 14.1. The normalized spacial score (nSPS) is 28.5. The average molecular weight is 267 g/mol. The number of ether oxygens (including phenoxy) is 1. The van der Waals surface area contributed by atoms with Gasteiger partial charge in [-0.3, -0.25) is 4.84 Å². The lowest BCUT2D eigenvalue weighted by molar-refractivity contribution is -0.200. The minimum absolute atomic E-state index is 0.0285. The standard InChI is InChI=1S/C12H20F3NO2/c13-12(14,15)9-18-16-10-4-7-17-11(8-10)5-2-1-3-6-11/h10,16H,1-9H2. The number of hydroxylamine groups is 1. The summed E-state index contributed by atoms with van der Waals surface area (Å²) in [5, 5.41) is 0. The van der Waals surface area contributed by atoms with Gasteiger partial charge >= 0.3 is 6.18 Å². The third-order valence-corrected chi connectivity index (χ3v) is 3.74. The van der Waals surface area contributed by atoms with Gasteiger partial charge in [-0.15, -0.1) is 0 Å². The summed E-state index contributed by atoms with van der Waals surface area (Å²) in [4.78, 5) is 4.54. The van der Waals surface area contributed by atoms with Crippen molar-refractivity contribution in [3.8, 4) is 0 Å². The lowest BCUT2D eigenvalue weighted by Crippen LogP contribution is -2.48. The molecule has 1 unspecified atom stereocenters. The van der Waals surface area contributed by atoms with Crippen LogP contribution in [0.4, 0.5) is 13.2 Å². The van der Waals surface area contributed by atoms with Crippen LogP contribution in [0, 0.1) is 0 Å². The number of halogens is 3. The first-order valence-electron chi connectivity index (χ1n) is 6.57. The third kappa shape index (κ3) is 4.10. The van der Waals surface area contributed by atoms with Crippen LogP contribution in [0.3, 0.4) is 0 Å². The van der Waals surface area contributed by atoms with Gasteiger partial charge in [-0.2, -0.15) is 18.7 Å². The molecule has 0 aromatic carbocycles. The van der Waals surface area contributed by atoms with E-state index >= 15 is 0 Å². The van der Waals surface area contributed by atoms with Gasteiger partial charge < -0.3 is 4.74 Å². The maximum atomic E-state index is 12.0. The Hall–Kier alpha value is -0.330. The monoisotopic (exact) mass is 267 g/mol. The summed E-state index contributed by atoms with van der Waals surface area (Å²) >= 11 is 0. The Morgan fingerprint density at radius 3 is 2.61 bits per heavy atom. The van der Waals surface area contributed by atoms with Gasteiger partial charge in [-0.05, 0) is 25.7 Å². The van der Waals surface area contributed by atoms with E-state index in [0.717, 1.165) is 32.1 Å². The Morgan fingerprint density at radius 2 is 1.94 bits per heavy atom. The Morgan fingerprint density at radius 1 is 1.22 bits per heavy atom. The molecule has 0 amide bonds. The molecule has 2 aliphatic rings. The fourth-order valence-corrected chi connectivity index (χ4v) is 2.91. The van der Waals surface area contributed by atoms with Crippen molar-refractivity contribution in [2.75, 3.05) is 13.2 Å². The van der Waals surface area contributed by atoms with Crippen molar-refractivity contribution in [1.82, 2.24) is 5.48 Å². The largest absolute Gasteiger partial charge is 0.413 e. The van der Waals surface area contributed by atoms with Crippen LogP contribution < -0.4 is 5.48 Å². The summed E-state index contributed by atoms with van der Waals surface area (Å²) in [5.41, 5.74) is 2.43. The fraction of sp³-hybridized carbons (Fsp3) is 1.00.